The fraction of sp³-hybridized carbons (Fsp3) is 0.417. The van der Waals surface area contributed by atoms with Crippen molar-refractivity contribution in [1.29, 1.82) is 0 Å². The van der Waals surface area contributed by atoms with Crippen LogP contribution in [0.2, 0.25) is 0 Å². The first kappa shape index (κ1) is 14.3. The predicted octanol–water partition coefficient (Wildman–Crippen LogP) is 2.81. The highest BCUT2D eigenvalue weighted by atomic mass is 19.4. The van der Waals surface area contributed by atoms with Crippen LogP contribution in [0.25, 0.3) is 5.82 Å². The molecule has 0 bridgehead atoms. The number of nitrogens with one attached hydrogen (secondary N) is 1. The number of hydrogen-bond donors (Lipinski definition) is 1. The maximum absolute atomic E-state index is 12.5. The normalized spacial score (nSPS) is 11.7. The lowest BCUT2D eigenvalue weighted by molar-refractivity contribution is -0.137. The van der Waals surface area contributed by atoms with Crippen molar-refractivity contribution in [3.63, 3.8) is 0 Å². The highest BCUT2D eigenvalue weighted by Crippen LogP contribution is 2.29. The molecule has 5 nitrogen and oxygen atoms in total. The lowest BCUT2D eigenvalue weighted by atomic mass is 10.3. The van der Waals surface area contributed by atoms with Crippen LogP contribution in [0.3, 0.4) is 0 Å². The standard InChI is InChI=1S/C12H14F3N5/c1-3-4-16-11-18-8(2)5-10(19-11)20-7-9(6-17-20)12(13,14)15/h5-7H,3-4H2,1-2H3,(H,16,18,19). The summed E-state index contributed by atoms with van der Waals surface area (Å²) in [5.41, 5.74) is -0.158. The van der Waals surface area contributed by atoms with Crippen LogP contribution in [0.15, 0.2) is 18.5 Å². The molecule has 0 aromatic carbocycles. The molecule has 0 amide bonds. The van der Waals surface area contributed by atoms with Crippen LogP contribution >= 0.6 is 0 Å². The van der Waals surface area contributed by atoms with Gasteiger partial charge in [-0.15, -0.1) is 0 Å². The Hall–Kier alpha value is -2.12. The monoisotopic (exact) mass is 285 g/mol. The lowest BCUT2D eigenvalue weighted by Gasteiger charge is -2.07. The van der Waals surface area contributed by atoms with Crippen molar-refractivity contribution < 1.29 is 13.2 Å². The van der Waals surface area contributed by atoms with E-state index in [1.54, 1.807) is 13.0 Å². The van der Waals surface area contributed by atoms with Gasteiger partial charge in [0.25, 0.3) is 0 Å². The zero-order valence-electron chi connectivity index (χ0n) is 11.1. The van der Waals surface area contributed by atoms with Gasteiger partial charge < -0.3 is 5.32 Å². The summed E-state index contributed by atoms with van der Waals surface area (Å²) in [5.74, 6) is 0.678. The summed E-state index contributed by atoms with van der Waals surface area (Å²) in [7, 11) is 0. The Bertz CT molecular complexity index is 591. The quantitative estimate of drug-likeness (QED) is 0.938. The van der Waals surface area contributed by atoms with Gasteiger partial charge in [-0.25, -0.2) is 9.67 Å². The maximum Gasteiger partial charge on any atom is 0.419 e. The van der Waals surface area contributed by atoms with Crippen LogP contribution in [0, 0.1) is 6.92 Å². The molecule has 0 saturated heterocycles. The molecule has 0 unspecified atom stereocenters. The molecule has 0 atom stereocenters. The first-order valence-corrected chi connectivity index (χ1v) is 6.12. The van der Waals surface area contributed by atoms with Crippen LogP contribution in [-0.2, 0) is 6.18 Å². The minimum Gasteiger partial charge on any atom is -0.354 e. The van der Waals surface area contributed by atoms with Gasteiger partial charge in [-0.3, -0.25) is 0 Å². The predicted molar refractivity (Wildman–Crippen MR) is 67.7 cm³/mol. The van der Waals surface area contributed by atoms with E-state index in [9.17, 15) is 13.2 Å². The van der Waals surface area contributed by atoms with Crippen molar-refractivity contribution in [3.8, 4) is 5.82 Å². The van der Waals surface area contributed by atoms with Crippen LogP contribution in [0.5, 0.6) is 0 Å². The van der Waals surface area contributed by atoms with E-state index in [4.69, 9.17) is 0 Å². The van der Waals surface area contributed by atoms with Gasteiger partial charge in [0.2, 0.25) is 5.95 Å². The van der Waals surface area contributed by atoms with E-state index in [2.05, 4.69) is 20.4 Å². The molecule has 0 spiro atoms. The molecule has 0 saturated carbocycles. The zero-order chi connectivity index (χ0) is 14.8. The molecule has 0 fully saturated rings. The second-order valence-electron chi connectivity index (χ2n) is 4.29. The lowest BCUT2D eigenvalue weighted by Crippen LogP contribution is -2.08. The minimum absolute atomic E-state index is 0.298. The molecule has 2 aromatic heterocycles. The Labute approximate surface area is 113 Å². The molecule has 20 heavy (non-hydrogen) atoms. The molecule has 2 heterocycles. The van der Waals surface area contributed by atoms with Gasteiger partial charge in [-0.1, -0.05) is 6.92 Å². The van der Waals surface area contributed by atoms with Gasteiger partial charge in [-0.2, -0.15) is 23.3 Å². The average molecular weight is 285 g/mol. The Balaban J connectivity index is 2.32. The summed E-state index contributed by atoms with van der Waals surface area (Å²) >= 11 is 0. The van der Waals surface area contributed by atoms with Crippen molar-refractivity contribution in [2.75, 3.05) is 11.9 Å². The van der Waals surface area contributed by atoms with Crippen molar-refractivity contribution in [2.24, 2.45) is 0 Å². The first-order valence-electron chi connectivity index (χ1n) is 6.12. The number of alkyl halides is 3. The fourth-order valence-electron chi connectivity index (χ4n) is 1.58. The molecule has 2 rings (SSSR count). The molecular formula is C12H14F3N5. The molecule has 0 aliphatic rings. The molecule has 0 aliphatic carbocycles. The topological polar surface area (TPSA) is 55.6 Å². The van der Waals surface area contributed by atoms with Crippen molar-refractivity contribution in [3.05, 3.63) is 29.7 Å². The summed E-state index contributed by atoms with van der Waals surface area (Å²) in [5, 5.41) is 6.69. The molecule has 0 radical (unpaired) electrons. The Kier molecular flexibility index (Phi) is 3.91. The molecule has 0 aliphatic heterocycles. The third-order valence-electron chi connectivity index (χ3n) is 2.52. The number of hydrogen-bond acceptors (Lipinski definition) is 4. The molecule has 8 heteroatoms. The van der Waals surface area contributed by atoms with Gasteiger partial charge in [-0.05, 0) is 13.3 Å². The SMILES string of the molecule is CCCNc1nc(C)cc(-n2cc(C(F)(F)F)cn2)n1. The maximum atomic E-state index is 12.5. The molecule has 2 aromatic rings. The number of rotatable bonds is 4. The van der Waals surface area contributed by atoms with E-state index >= 15 is 0 Å². The second kappa shape index (κ2) is 5.48. The van der Waals surface area contributed by atoms with Crippen molar-refractivity contribution >= 4 is 5.95 Å². The summed E-state index contributed by atoms with van der Waals surface area (Å²) in [6.45, 7) is 4.43. The Morgan fingerprint density at radius 3 is 2.65 bits per heavy atom. The highest BCUT2D eigenvalue weighted by molar-refractivity contribution is 5.34. The Morgan fingerprint density at radius 1 is 1.30 bits per heavy atom. The Morgan fingerprint density at radius 2 is 2.05 bits per heavy atom. The van der Waals surface area contributed by atoms with E-state index in [1.807, 2.05) is 6.92 Å². The summed E-state index contributed by atoms with van der Waals surface area (Å²) in [6.07, 6.45) is -1.84. The number of halogens is 3. The molecule has 108 valence electrons. The molecule has 1 N–H and O–H groups in total. The van der Waals surface area contributed by atoms with Crippen LogP contribution in [-0.4, -0.2) is 26.3 Å². The smallest absolute Gasteiger partial charge is 0.354 e. The van der Waals surface area contributed by atoms with Gasteiger partial charge in [0, 0.05) is 24.5 Å². The van der Waals surface area contributed by atoms with Crippen molar-refractivity contribution in [2.45, 2.75) is 26.4 Å². The van der Waals surface area contributed by atoms with Crippen LogP contribution < -0.4 is 5.32 Å². The fourth-order valence-corrected chi connectivity index (χ4v) is 1.58. The van der Waals surface area contributed by atoms with Crippen molar-refractivity contribution in [1.82, 2.24) is 19.7 Å². The highest BCUT2D eigenvalue weighted by Gasteiger charge is 2.32. The van der Waals surface area contributed by atoms with Gasteiger partial charge in [0.15, 0.2) is 5.82 Å². The van der Waals surface area contributed by atoms with E-state index in [-0.39, 0.29) is 0 Å². The van der Waals surface area contributed by atoms with E-state index in [0.717, 1.165) is 23.5 Å². The average Bonchev–Trinajstić information content (AvgIpc) is 2.85. The van der Waals surface area contributed by atoms with Gasteiger partial charge in [0.05, 0.1) is 11.8 Å². The van der Waals surface area contributed by atoms with E-state index in [1.165, 1.54) is 0 Å². The summed E-state index contributed by atoms with van der Waals surface area (Å²) < 4.78 is 38.7. The third kappa shape index (κ3) is 3.25. The summed E-state index contributed by atoms with van der Waals surface area (Å²) in [4.78, 5) is 8.31. The molecular weight excluding hydrogens is 271 g/mol. The number of nitrogens with zero attached hydrogens (tertiary/aromatic N) is 4. The van der Waals surface area contributed by atoms with E-state index in [0.29, 0.717) is 24.0 Å². The van der Waals surface area contributed by atoms with Gasteiger partial charge in [0.1, 0.15) is 0 Å². The van der Waals surface area contributed by atoms with Gasteiger partial charge >= 0.3 is 6.18 Å². The van der Waals surface area contributed by atoms with E-state index < -0.39 is 11.7 Å². The summed E-state index contributed by atoms with van der Waals surface area (Å²) in [6, 6.07) is 1.57. The zero-order valence-corrected chi connectivity index (χ0v) is 11.1. The van der Waals surface area contributed by atoms with Crippen LogP contribution in [0.1, 0.15) is 24.6 Å². The number of aryl methyl sites for hydroxylation is 1. The first-order chi connectivity index (χ1) is 9.40. The van der Waals surface area contributed by atoms with Crippen LogP contribution in [0.4, 0.5) is 19.1 Å². The minimum atomic E-state index is -4.41. The number of aromatic nitrogens is 4. The largest absolute Gasteiger partial charge is 0.419 e. The third-order valence-corrected chi connectivity index (χ3v) is 2.52. The number of anilines is 1. The second-order valence-corrected chi connectivity index (χ2v) is 4.29.